The van der Waals surface area contributed by atoms with E-state index in [-0.39, 0.29) is 12.4 Å². The zero-order chi connectivity index (χ0) is 21.0. The summed E-state index contributed by atoms with van der Waals surface area (Å²) in [5.41, 5.74) is 3.18. The highest BCUT2D eigenvalue weighted by molar-refractivity contribution is 7.80. The van der Waals surface area contributed by atoms with Crippen LogP contribution in [0, 0.1) is 0 Å². The number of nitrogens with one attached hydrogen (secondary N) is 2. The Bertz CT molecular complexity index is 735. The van der Waals surface area contributed by atoms with Gasteiger partial charge < -0.3 is 23.9 Å². The lowest BCUT2D eigenvalue weighted by Gasteiger charge is -2.28. The number of hydrogen-bond acceptors (Lipinski definition) is 4. The van der Waals surface area contributed by atoms with E-state index in [0.29, 0.717) is 24.9 Å². The molecule has 0 unspecified atom stereocenters. The van der Waals surface area contributed by atoms with E-state index >= 15 is 0 Å². The Hall–Kier alpha value is -1.48. The van der Waals surface area contributed by atoms with Crippen LogP contribution in [0.2, 0.25) is 6.04 Å². The molecule has 0 radical (unpaired) electrons. The van der Waals surface area contributed by atoms with Crippen LogP contribution in [0.3, 0.4) is 0 Å². The third kappa shape index (κ3) is 8.71. The Labute approximate surface area is 193 Å². The molecule has 0 heterocycles. The largest absolute Gasteiger partial charge is 0.500 e. The Morgan fingerprint density at radius 2 is 1.40 bits per heavy atom. The van der Waals surface area contributed by atoms with Crippen molar-refractivity contribution in [2.24, 2.45) is 0 Å². The lowest BCUT2D eigenvalue weighted by atomic mass is 10.1. The zero-order valence-corrected chi connectivity index (χ0v) is 20.6. The van der Waals surface area contributed by atoms with Gasteiger partial charge in [-0.15, -0.1) is 12.4 Å². The second-order valence-electron chi connectivity index (χ2n) is 6.44. The monoisotopic (exact) mass is 468 g/mol. The van der Waals surface area contributed by atoms with Crippen LogP contribution in [0.25, 0.3) is 0 Å². The van der Waals surface area contributed by atoms with Crippen LogP contribution in [0.15, 0.2) is 54.6 Å². The number of para-hydroxylation sites is 2. The fourth-order valence-corrected chi connectivity index (χ4v) is 6.00. The fraction of sp³-hybridized carbons (Fsp3) is 0.409. The molecular formula is C22H33ClN2O3SSi. The third-order valence-electron chi connectivity index (χ3n) is 4.32. The molecule has 2 rings (SSSR count). The van der Waals surface area contributed by atoms with Gasteiger partial charge in [-0.3, -0.25) is 0 Å². The normalized spacial score (nSPS) is 10.9. The third-order valence-corrected chi connectivity index (χ3v) is 7.67. The molecule has 2 aromatic rings. The Kier molecular flexibility index (Phi) is 12.8. The first-order valence-electron chi connectivity index (χ1n) is 10.2. The molecule has 0 bridgehead atoms. The van der Waals surface area contributed by atoms with Crippen molar-refractivity contribution in [1.82, 2.24) is 0 Å². The summed E-state index contributed by atoms with van der Waals surface area (Å²) >= 11 is 5.48. The summed E-state index contributed by atoms with van der Waals surface area (Å²) in [7, 11) is -2.61. The van der Waals surface area contributed by atoms with Crippen molar-refractivity contribution < 1.29 is 13.3 Å². The van der Waals surface area contributed by atoms with Crippen LogP contribution in [0.4, 0.5) is 11.4 Å². The van der Waals surface area contributed by atoms with Crippen LogP contribution in [-0.4, -0.2) is 33.7 Å². The van der Waals surface area contributed by atoms with Crippen LogP contribution in [0.5, 0.6) is 0 Å². The van der Waals surface area contributed by atoms with E-state index in [0.717, 1.165) is 30.3 Å². The van der Waals surface area contributed by atoms with Gasteiger partial charge in [0.15, 0.2) is 5.11 Å². The van der Waals surface area contributed by atoms with Crippen molar-refractivity contribution in [2.45, 2.75) is 39.7 Å². The van der Waals surface area contributed by atoms with E-state index < -0.39 is 8.80 Å². The molecule has 0 amide bonds. The van der Waals surface area contributed by atoms with Crippen LogP contribution >= 0.6 is 24.6 Å². The molecule has 0 aromatic heterocycles. The summed E-state index contributed by atoms with van der Waals surface area (Å²) in [6.07, 6.45) is 1.81. The molecule has 5 nitrogen and oxygen atoms in total. The number of rotatable bonds is 12. The van der Waals surface area contributed by atoms with Gasteiger partial charge in [-0.05, 0) is 69.6 Å². The first-order valence-corrected chi connectivity index (χ1v) is 12.6. The average Bonchev–Trinajstić information content (AvgIpc) is 2.70. The van der Waals surface area contributed by atoms with Crippen molar-refractivity contribution in [3.8, 4) is 0 Å². The van der Waals surface area contributed by atoms with Gasteiger partial charge in [0.25, 0.3) is 0 Å². The maximum Gasteiger partial charge on any atom is 0.500 e. The molecule has 166 valence electrons. The highest BCUT2D eigenvalue weighted by Gasteiger charge is 2.39. The van der Waals surface area contributed by atoms with Crippen LogP contribution < -0.4 is 10.6 Å². The summed E-state index contributed by atoms with van der Waals surface area (Å²) < 4.78 is 17.9. The van der Waals surface area contributed by atoms with E-state index in [1.807, 2.05) is 69.3 Å². The van der Waals surface area contributed by atoms with Crippen molar-refractivity contribution in [1.29, 1.82) is 0 Å². The highest BCUT2D eigenvalue weighted by Crippen LogP contribution is 2.23. The predicted octanol–water partition coefficient (Wildman–Crippen LogP) is 5.90. The van der Waals surface area contributed by atoms with E-state index in [2.05, 4.69) is 16.7 Å². The lowest BCUT2D eigenvalue weighted by molar-refractivity contribution is 0.0708. The SMILES string of the molecule is CCO[Si](CCCc1ccccc1NC(=S)Nc1ccccc1)(OCC)OCC.Cl. The second-order valence-corrected chi connectivity index (χ2v) is 9.58. The van der Waals surface area contributed by atoms with Gasteiger partial charge >= 0.3 is 8.80 Å². The Morgan fingerprint density at radius 1 is 0.833 bits per heavy atom. The number of aryl methyl sites for hydroxylation is 1. The zero-order valence-electron chi connectivity index (χ0n) is 18.0. The molecule has 2 aromatic carbocycles. The lowest BCUT2D eigenvalue weighted by Crippen LogP contribution is -2.46. The minimum atomic E-state index is -2.61. The van der Waals surface area contributed by atoms with Gasteiger partial charge in [0.2, 0.25) is 0 Å². The molecule has 0 fully saturated rings. The minimum Gasteiger partial charge on any atom is -0.374 e. The summed E-state index contributed by atoms with van der Waals surface area (Å²) in [6, 6.07) is 18.9. The minimum absolute atomic E-state index is 0. The predicted molar refractivity (Wildman–Crippen MR) is 134 cm³/mol. The smallest absolute Gasteiger partial charge is 0.374 e. The summed E-state index contributed by atoms with van der Waals surface area (Å²) in [5, 5.41) is 7.11. The van der Waals surface area contributed by atoms with Crippen LogP contribution in [-0.2, 0) is 19.7 Å². The second kappa shape index (κ2) is 14.5. The Balaban J connectivity index is 0.00000450. The highest BCUT2D eigenvalue weighted by atomic mass is 35.5. The van der Waals surface area contributed by atoms with Gasteiger partial charge in [-0.25, -0.2) is 0 Å². The molecule has 0 aliphatic carbocycles. The van der Waals surface area contributed by atoms with Gasteiger partial charge in [-0.1, -0.05) is 36.4 Å². The number of thiocarbonyl (C=S) groups is 1. The van der Waals surface area contributed by atoms with Crippen molar-refractivity contribution >= 4 is 49.9 Å². The van der Waals surface area contributed by atoms with Gasteiger partial charge in [0, 0.05) is 37.2 Å². The van der Waals surface area contributed by atoms with Crippen molar-refractivity contribution in [3.63, 3.8) is 0 Å². The molecule has 2 N–H and O–H groups in total. The maximum atomic E-state index is 5.96. The molecule has 0 saturated heterocycles. The summed E-state index contributed by atoms with van der Waals surface area (Å²) in [4.78, 5) is 0. The molecule has 0 spiro atoms. The molecule has 0 aliphatic heterocycles. The molecule has 0 saturated carbocycles. The molecule has 0 atom stereocenters. The summed E-state index contributed by atoms with van der Waals surface area (Å²) in [5.74, 6) is 0. The standard InChI is InChI=1S/C22H32N2O3SSi.ClH/c1-4-25-29(26-5-2,27-6-3)18-12-14-19-13-10-11-17-21(19)24-22(28)23-20-15-8-7-9-16-20;/h7-11,13,15-17H,4-6,12,14,18H2,1-3H3,(H2,23,24,28);1H. The molecule has 8 heteroatoms. The first-order chi connectivity index (χ1) is 14.1. The van der Waals surface area contributed by atoms with E-state index in [9.17, 15) is 0 Å². The average molecular weight is 469 g/mol. The van der Waals surface area contributed by atoms with Gasteiger partial charge in [0.05, 0.1) is 0 Å². The molecule has 30 heavy (non-hydrogen) atoms. The van der Waals surface area contributed by atoms with E-state index in [1.165, 1.54) is 5.56 Å². The summed E-state index contributed by atoms with van der Waals surface area (Å²) in [6.45, 7) is 7.76. The van der Waals surface area contributed by atoms with E-state index in [1.54, 1.807) is 0 Å². The van der Waals surface area contributed by atoms with Crippen LogP contribution in [0.1, 0.15) is 32.8 Å². The molecule has 0 aliphatic rings. The van der Waals surface area contributed by atoms with Gasteiger partial charge in [-0.2, -0.15) is 0 Å². The molecular weight excluding hydrogens is 436 g/mol. The topological polar surface area (TPSA) is 51.8 Å². The fourth-order valence-electron chi connectivity index (χ4n) is 3.16. The number of halogens is 1. The van der Waals surface area contributed by atoms with Crippen molar-refractivity contribution in [3.05, 3.63) is 60.2 Å². The number of benzene rings is 2. The van der Waals surface area contributed by atoms with Crippen molar-refractivity contribution in [2.75, 3.05) is 30.5 Å². The first kappa shape index (κ1) is 26.6. The number of hydrogen-bond donors (Lipinski definition) is 2. The quantitative estimate of drug-likeness (QED) is 0.299. The number of anilines is 2. The Morgan fingerprint density at radius 3 is 2.00 bits per heavy atom. The van der Waals surface area contributed by atoms with E-state index in [4.69, 9.17) is 25.5 Å². The maximum absolute atomic E-state index is 5.96. The van der Waals surface area contributed by atoms with Gasteiger partial charge in [0.1, 0.15) is 0 Å².